The third-order valence-electron chi connectivity index (χ3n) is 4.21. The van der Waals surface area contributed by atoms with Gasteiger partial charge in [0, 0.05) is 11.8 Å². The number of amides is 1. The summed E-state index contributed by atoms with van der Waals surface area (Å²) in [5.74, 6) is -2.46. The van der Waals surface area contributed by atoms with Gasteiger partial charge in [-0.1, -0.05) is 17.7 Å². The van der Waals surface area contributed by atoms with Crippen molar-refractivity contribution in [3.8, 4) is 6.07 Å². The highest BCUT2D eigenvalue weighted by molar-refractivity contribution is 6.30. The SMILES string of the molecule is Cc1cc(C(=O)NC(c2ccc(F)c(F)c2)c2ccc(Cl)cn2)ccc1C#N. The van der Waals surface area contributed by atoms with Gasteiger partial charge in [0.15, 0.2) is 11.6 Å². The molecular formula is C21H14ClF2N3O. The summed E-state index contributed by atoms with van der Waals surface area (Å²) in [6.07, 6.45) is 1.40. The summed E-state index contributed by atoms with van der Waals surface area (Å²) in [5, 5.41) is 12.2. The van der Waals surface area contributed by atoms with Gasteiger partial charge in [-0.25, -0.2) is 8.78 Å². The Balaban J connectivity index is 1.98. The molecule has 0 aliphatic carbocycles. The van der Waals surface area contributed by atoms with Gasteiger partial charge in [-0.3, -0.25) is 9.78 Å². The predicted octanol–water partition coefficient (Wildman–Crippen LogP) is 4.71. The molecule has 1 N–H and O–H groups in total. The Labute approximate surface area is 165 Å². The molecule has 0 radical (unpaired) electrons. The Morgan fingerprint density at radius 3 is 2.54 bits per heavy atom. The molecule has 0 spiro atoms. The number of benzene rings is 2. The van der Waals surface area contributed by atoms with Gasteiger partial charge in [-0.15, -0.1) is 0 Å². The Morgan fingerprint density at radius 2 is 1.93 bits per heavy atom. The number of nitriles is 1. The Bertz CT molecular complexity index is 1080. The van der Waals surface area contributed by atoms with Crippen LogP contribution in [0.5, 0.6) is 0 Å². The quantitative estimate of drug-likeness (QED) is 0.693. The zero-order valence-electron chi connectivity index (χ0n) is 14.7. The average molecular weight is 398 g/mol. The van der Waals surface area contributed by atoms with Crippen LogP contribution in [0.15, 0.2) is 54.7 Å². The van der Waals surface area contributed by atoms with Crippen molar-refractivity contribution in [2.45, 2.75) is 13.0 Å². The summed E-state index contributed by atoms with van der Waals surface area (Å²) in [6.45, 7) is 1.73. The molecule has 0 aliphatic heterocycles. The van der Waals surface area contributed by atoms with Crippen LogP contribution >= 0.6 is 11.6 Å². The minimum Gasteiger partial charge on any atom is -0.340 e. The molecule has 0 fully saturated rings. The summed E-state index contributed by atoms with van der Waals surface area (Å²) in [4.78, 5) is 16.9. The standard InChI is InChI=1S/C21H14ClF2N3O/c1-12-8-14(2-3-15(12)10-25)21(28)27-20(19-7-5-16(22)11-26-19)13-4-6-17(23)18(24)9-13/h2-9,11,20H,1H3,(H,27,28). The van der Waals surface area contributed by atoms with Crippen LogP contribution in [-0.2, 0) is 0 Å². The number of pyridine rings is 1. The van der Waals surface area contributed by atoms with Crippen molar-refractivity contribution in [1.82, 2.24) is 10.3 Å². The van der Waals surface area contributed by atoms with Gasteiger partial charge in [0.25, 0.3) is 5.91 Å². The topological polar surface area (TPSA) is 65.8 Å². The van der Waals surface area contributed by atoms with Crippen LogP contribution in [0, 0.1) is 29.9 Å². The smallest absolute Gasteiger partial charge is 0.252 e. The number of hydrogen-bond donors (Lipinski definition) is 1. The molecule has 7 heteroatoms. The second kappa shape index (κ2) is 8.15. The van der Waals surface area contributed by atoms with Crippen molar-refractivity contribution in [2.24, 2.45) is 0 Å². The molecular weight excluding hydrogens is 384 g/mol. The van der Waals surface area contributed by atoms with E-state index in [4.69, 9.17) is 16.9 Å². The van der Waals surface area contributed by atoms with Crippen LogP contribution in [0.25, 0.3) is 0 Å². The highest BCUT2D eigenvalue weighted by Gasteiger charge is 2.21. The largest absolute Gasteiger partial charge is 0.340 e. The molecule has 0 saturated carbocycles. The van der Waals surface area contributed by atoms with Crippen molar-refractivity contribution in [3.05, 3.63) is 99.3 Å². The zero-order chi connectivity index (χ0) is 20.3. The molecule has 3 aromatic rings. The molecule has 28 heavy (non-hydrogen) atoms. The van der Waals surface area contributed by atoms with E-state index >= 15 is 0 Å². The van der Waals surface area contributed by atoms with Gasteiger partial charge in [-0.2, -0.15) is 5.26 Å². The number of nitrogens with one attached hydrogen (secondary N) is 1. The minimum absolute atomic E-state index is 0.326. The molecule has 0 aliphatic rings. The maximum absolute atomic E-state index is 13.8. The van der Waals surface area contributed by atoms with E-state index in [1.807, 2.05) is 6.07 Å². The number of nitrogens with zero attached hydrogens (tertiary/aromatic N) is 2. The third-order valence-corrected chi connectivity index (χ3v) is 4.43. The van der Waals surface area contributed by atoms with E-state index in [-0.39, 0.29) is 0 Å². The number of carbonyl (C=O) groups excluding carboxylic acids is 1. The minimum atomic E-state index is -1.03. The lowest BCUT2D eigenvalue weighted by Crippen LogP contribution is -2.30. The Kier molecular flexibility index (Phi) is 5.67. The predicted molar refractivity (Wildman–Crippen MR) is 101 cm³/mol. The first-order valence-electron chi connectivity index (χ1n) is 8.27. The number of rotatable bonds is 4. The first-order chi connectivity index (χ1) is 13.4. The van der Waals surface area contributed by atoms with Crippen LogP contribution in [0.3, 0.4) is 0 Å². The van der Waals surface area contributed by atoms with Crippen LogP contribution in [0.1, 0.15) is 38.8 Å². The van der Waals surface area contributed by atoms with E-state index in [0.717, 1.165) is 12.1 Å². The molecule has 1 atom stereocenters. The fourth-order valence-electron chi connectivity index (χ4n) is 2.72. The first kappa shape index (κ1) is 19.5. The Hall–Kier alpha value is -3.30. The number of hydrogen-bond acceptors (Lipinski definition) is 3. The second-order valence-electron chi connectivity index (χ2n) is 6.12. The van der Waals surface area contributed by atoms with Crippen LogP contribution in [0.4, 0.5) is 8.78 Å². The highest BCUT2D eigenvalue weighted by atomic mass is 35.5. The lowest BCUT2D eigenvalue weighted by atomic mass is 10.0. The average Bonchev–Trinajstić information content (AvgIpc) is 2.69. The van der Waals surface area contributed by atoms with E-state index in [1.165, 1.54) is 18.3 Å². The molecule has 140 valence electrons. The zero-order valence-corrected chi connectivity index (χ0v) is 15.5. The first-order valence-corrected chi connectivity index (χ1v) is 8.65. The van der Waals surface area contributed by atoms with Crippen LogP contribution in [-0.4, -0.2) is 10.9 Å². The highest BCUT2D eigenvalue weighted by Crippen LogP contribution is 2.24. The maximum atomic E-state index is 13.8. The van der Waals surface area contributed by atoms with E-state index in [1.54, 1.807) is 31.2 Å². The van der Waals surface area contributed by atoms with Crippen molar-refractivity contribution in [1.29, 1.82) is 5.26 Å². The molecule has 0 bridgehead atoms. The molecule has 0 saturated heterocycles. The van der Waals surface area contributed by atoms with Gasteiger partial charge >= 0.3 is 0 Å². The summed E-state index contributed by atoms with van der Waals surface area (Å²) in [6, 6.07) is 12.5. The van der Waals surface area contributed by atoms with Crippen LogP contribution < -0.4 is 5.32 Å². The maximum Gasteiger partial charge on any atom is 0.252 e. The number of aromatic nitrogens is 1. The number of carbonyl (C=O) groups is 1. The van der Waals surface area contributed by atoms with E-state index in [0.29, 0.717) is 33.0 Å². The van der Waals surface area contributed by atoms with Gasteiger partial charge in [0.2, 0.25) is 0 Å². The van der Waals surface area contributed by atoms with Gasteiger partial charge in [-0.05, 0) is 60.5 Å². The third kappa shape index (κ3) is 4.16. The fourth-order valence-corrected chi connectivity index (χ4v) is 2.83. The van der Waals surface area contributed by atoms with Crippen molar-refractivity contribution < 1.29 is 13.6 Å². The fraction of sp³-hybridized carbons (Fsp3) is 0.0952. The van der Waals surface area contributed by atoms with Crippen molar-refractivity contribution in [2.75, 3.05) is 0 Å². The lowest BCUT2D eigenvalue weighted by molar-refractivity contribution is 0.0942. The number of aryl methyl sites for hydroxylation is 1. The summed E-state index contributed by atoms with van der Waals surface area (Å²) in [7, 11) is 0. The van der Waals surface area contributed by atoms with Gasteiger partial charge < -0.3 is 5.32 Å². The molecule has 1 unspecified atom stereocenters. The molecule has 1 amide bonds. The summed E-state index contributed by atoms with van der Waals surface area (Å²) >= 11 is 5.87. The molecule has 1 heterocycles. The molecule has 4 nitrogen and oxygen atoms in total. The van der Waals surface area contributed by atoms with E-state index in [9.17, 15) is 13.6 Å². The summed E-state index contributed by atoms with van der Waals surface area (Å²) < 4.78 is 27.1. The normalized spacial score (nSPS) is 11.5. The molecule has 3 rings (SSSR count). The van der Waals surface area contributed by atoms with Gasteiger partial charge in [0.1, 0.15) is 0 Å². The number of halogens is 3. The second-order valence-corrected chi connectivity index (χ2v) is 6.56. The lowest BCUT2D eigenvalue weighted by Gasteiger charge is -2.19. The van der Waals surface area contributed by atoms with E-state index < -0.39 is 23.6 Å². The van der Waals surface area contributed by atoms with Crippen molar-refractivity contribution >= 4 is 17.5 Å². The van der Waals surface area contributed by atoms with Crippen LogP contribution in [0.2, 0.25) is 5.02 Å². The monoisotopic (exact) mass is 397 g/mol. The molecule has 2 aromatic carbocycles. The van der Waals surface area contributed by atoms with Crippen molar-refractivity contribution in [3.63, 3.8) is 0 Å². The Morgan fingerprint density at radius 1 is 1.14 bits per heavy atom. The van der Waals surface area contributed by atoms with E-state index in [2.05, 4.69) is 10.3 Å². The summed E-state index contributed by atoms with van der Waals surface area (Å²) in [5.41, 5.74) is 2.19. The van der Waals surface area contributed by atoms with Gasteiger partial charge in [0.05, 0.1) is 28.4 Å². The molecule has 1 aromatic heterocycles.